The molecule has 2 unspecified atom stereocenters. The number of halogens is 1. The van der Waals surface area contributed by atoms with Crippen molar-refractivity contribution in [2.75, 3.05) is 7.11 Å². The Labute approximate surface area is 326 Å². The maximum atomic E-state index is 14.3. The Morgan fingerprint density at radius 3 is 2.05 bits per heavy atom. The van der Waals surface area contributed by atoms with Crippen molar-refractivity contribution in [2.45, 2.75) is 50.6 Å². The van der Waals surface area contributed by atoms with Crippen molar-refractivity contribution in [3.63, 3.8) is 0 Å². The molecule has 280 valence electrons. The number of aromatic nitrogens is 3. The molecular weight excluding hydrogens is 700 g/mol. The number of carbonyl (C=O) groups excluding carboxylic acids is 2. The highest BCUT2D eigenvalue weighted by molar-refractivity contribution is 6.02. The lowest BCUT2D eigenvalue weighted by atomic mass is 9.68. The minimum Gasteiger partial charge on any atom is -0.469 e. The van der Waals surface area contributed by atoms with Crippen molar-refractivity contribution >= 4 is 22.8 Å². The molecule has 7 aromatic rings. The summed E-state index contributed by atoms with van der Waals surface area (Å²) in [5.74, 6) is -0.875. The summed E-state index contributed by atoms with van der Waals surface area (Å²) >= 11 is 0. The van der Waals surface area contributed by atoms with Gasteiger partial charge in [-0.3, -0.25) is 14.6 Å². The van der Waals surface area contributed by atoms with Crippen LogP contribution in [0.15, 0.2) is 152 Å². The van der Waals surface area contributed by atoms with E-state index in [0.717, 1.165) is 62.9 Å². The number of carbonyl (C=O) groups is 2. The number of methoxy groups -OCH3 is 1. The number of hydrogen-bond donors (Lipinski definition) is 1. The fourth-order valence-corrected chi connectivity index (χ4v) is 8.71. The highest BCUT2D eigenvalue weighted by Crippen LogP contribution is 2.45. The van der Waals surface area contributed by atoms with Crippen molar-refractivity contribution in [2.24, 2.45) is 5.41 Å². The van der Waals surface area contributed by atoms with Crippen molar-refractivity contribution in [3.05, 3.63) is 191 Å². The predicted octanol–water partition coefficient (Wildman–Crippen LogP) is 9.46. The summed E-state index contributed by atoms with van der Waals surface area (Å²) in [4.78, 5) is 32.1. The number of rotatable bonds is 10. The van der Waals surface area contributed by atoms with E-state index in [0.29, 0.717) is 24.8 Å². The van der Waals surface area contributed by atoms with Gasteiger partial charge in [-0.25, -0.2) is 9.07 Å². The molecule has 0 bridgehead atoms. The third kappa shape index (κ3) is 6.76. The van der Waals surface area contributed by atoms with Gasteiger partial charge in [-0.1, -0.05) is 110 Å². The molecule has 0 radical (unpaired) electrons. The molecule has 0 spiro atoms. The Kier molecular flexibility index (Phi) is 10.0. The number of fused-ring (bicyclic) bond motifs is 1. The zero-order chi connectivity index (χ0) is 38.7. The van der Waals surface area contributed by atoms with E-state index in [9.17, 15) is 14.0 Å². The standard InChI is InChI=1S/C48H43FN4O3/c1-33-29-35(26-28-50-33)44-42-30-36(45(54)51-41-19-12-27-47(32-41,46(55)56-2)31-34-20-23-40(49)24-21-34)22-25-43(42)53(52-44)48(37-13-6-3-7-14-37,38-15-8-4-9-16-38)39-17-10-5-11-18-39/h3-11,13-18,20-26,28-30,41H,12,19,27,31-32H2,1-2H3,(H,51,54). The van der Waals surface area contributed by atoms with Crippen LogP contribution < -0.4 is 5.32 Å². The Morgan fingerprint density at radius 2 is 1.46 bits per heavy atom. The van der Waals surface area contributed by atoms with Crippen LogP contribution in [0.2, 0.25) is 0 Å². The molecule has 1 amide bonds. The third-order valence-electron chi connectivity index (χ3n) is 11.3. The molecular formula is C48H43FN4O3. The molecule has 5 aromatic carbocycles. The van der Waals surface area contributed by atoms with Crippen molar-refractivity contribution in [3.8, 4) is 11.3 Å². The fourth-order valence-electron chi connectivity index (χ4n) is 8.71. The molecule has 8 heteroatoms. The summed E-state index contributed by atoms with van der Waals surface area (Å²) in [5, 5.41) is 9.58. The van der Waals surface area contributed by atoms with Gasteiger partial charge in [0.1, 0.15) is 17.1 Å². The first-order chi connectivity index (χ1) is 27.3. The number of pyridine rings is 1. The molecule has 2 heterocycles. The first-order valence-electron chi connectivity index (χ1n) is 19.1. The maximum Gasteiger partial charge on any atom is 0.312 e. The smallest absolute Gasteiger partial charge is 0.312 e. The van der Waals surface area contributed by atoms with Crippen LogP contribution in [0, 0.1) is 18.2 Å². The molecule has 8 rings (SSSR count). The molecule has 7 nitrogen and oxygen atoms in total. The van der Waals surface area contributed by atoms with Crippen LogP contribution >= 0.6 is 0 Å². The van der Waals surface area contributed by atoms with Crippen LogP contribution in [0.25, 0.3) is 22.2 Å². The maximum absolute atomic E-state index is 14.3. The van der Waals surface area contributed by atoms with E-state index in [1.165, 1.54) is 19.2 Å². The summed E-state index contributed by atoms with van der Waals surface area (Å²) in [6, 6.07) is 46.9. The Bertz CT molecular complexity index is 2390. The van der Waals surface area contributed by atoms with E-state index in [4.69, 9.17) is 9.84 Å². The largest absolute Gasteiger partial charge is 0.469 e. The van der Waals surface area contributed by atoms with Gasteiger partial charge in [0.25, 0.3) is 5.91 Å². The first-order valence-corrected chi connectivity index (χ1v) is 19.1. The van der Waals surface area contributed by atoms with E-state index in [-0.39, 0.29) is 23.7 Å². The lowest BCUT2D eigenvalue weighted by Gasteiger charge is -2.39. The normalized spacial score (nSPS) is 17.0. The highest BCUT2D eigenvalue weighted by atomic mass is 19.1. The summed E-state index contributed by atoms with van der Waals surface area (Å²) in [7, 11) is 1.40. The zero-order valence-corrected chi connectivity index (χ0v) is 31.5. The van der Waals surface area contributed by atoms with Gasteiger partial charge >= 0.3 is 5.97 Å². The topological polar surface area (TPSA) is 86.1 Å². The van der Waals surface area contributed by atoms with E-state index < -0.39 is 11.0 Å². The second kappa shape index (κ2) is 15.4. The van der Waals surface area contributed by atoms with E-state index >= 15 is 0 Å². The van der Waals surface area contributed by atoms with Crippen molar-refractivity contribution < 1.29 is 18.7 Å². The van der Waals surface area contributed by atoms with Gasteiger partial charge in [-0.05, 0) is 97.3 Å². The molecule has 1 aliphatic carbocycles. The number of esters is 1. The SMILES string of the molecule is COC(=O)C1(Cc2ccc(F)cc2)CCCC(NC(=O)c2ccc3c(c2)c(-c2ccnc(C)c2)nn3C(c2ccccc2)(c2ccccc2)c2ccccc2)C1. The van der Waals surface area contributed by atoms with Gasteiger partial charge in [0, 0.05) is 34.4 Å². The van der Waals surface area contributed by atoms with Gasteiger partial charge in [0.2, 0.25) is 0 Å². The Morgan fingerprint density at radius 1 is 0.839 bits per heavy atom. The quantitative estimate of drug-likeness (QED) is 0.112. The molecule has 1 saturated carbocycles. The fraction of sp³-hybridized carbons (Fsp3) is 0.208. The van der Waals surface area contributed by atoms with Crippen LogP contribution in [0.3, 0.4) is 0 Å². The molecule has 2 aromatic heterocycles. The Hall–Kier alpha value is -6.41. The average Bonchev–Trinajstić information content (AvgIpc) is 3.62. The molecule has 56 heavy (non-hydrogen) atoms. The van der Waals surface area contributed by atoms with Crippen LogP contribution in [-0.4, -0.2) is 39.8 Å². The number of nitrogens with zero attached hydrogens (tertiary/aromatic N) is 3. The monoisotopic (exact) mass is 742 g/mol. The summed E-state index contributed by atoms with van der Waals surface area (Å²) in [6.07, 6.45) is 4.68. The second-order valence-corrected chi connectivity index (χ2v) is 14.8. The number of benzene rings is 5. The number of aryl methyl sites for hydroxylation is 1. The summed E-state index contributed by atoms with van der Waals surface area (Å²) in [5.41, 5.74) is 6.05. The van der Waals surface area contributed by atoms with Crippen LogP contribution in [0.5, 0.6) is 0 Å². The van der Waals surface area contributed by atoms with Crippen molar-refractivity contribution in [1.82, 2.24) is 20.1 Å². The molecule has 1 aliphatic rings. The Balaban J connectivity index is 1.24. The van der Waals surface area contributed by atoms with Gasteiger partial charge in [0.15, 0.2) is 0 Å². The second-order valence-electron chi connectivity index (χ2n) is 14.8. The number of nitrogens with one attached hydrogen (secondary N) is 1. The minimum absolute atomic E-state index is 0.232. The van der Waals surface area contributed by atoms with Gasteiger partial charge < -0.3 is 10.1 Å². The van der Waals surface area contributed by atoms with E-state index in [1.807, 2.05) is 55.5 Å². The van der Waals surface area contributed by atoms with Crippen LogP contribution in [-0.2, 0) is 21.5 Å². The highest BCUT2D eigenvalue weighted by Gasteiger charge is 2.45. The number of amides is 1. The molecule has 0 saturated heterocycles. The van der Waals surface area contributed by atoms with Crippen molar-refractivity contribution in [1.29, 1.82) is 0 Å². The van der Waals surface area contributed by atoms with Crippen LogP contribution in [0.4, 0.5) is 4.39 Å². The molecule has 0 aliphatic heterocycles. The predicted molar refractivity (Wildman–Crippen MR) is 217 cm³/mol. The molecule has 1 N–H and O–H groups in total. The van der Waals surface area contributed by atoms with Crippen LogP contribution in [0.1, 0.15) is 64.0 Å². The van der Waals surface area contributed by atoms with Gasteiger partial charge in [0.05, 0.1) is 18.0 Å². The molecule has 2 atom stereocenters. The zero-order valence-electron chi connectivity index (χ0n) is 31.5. The lowest BCUT2D eigenvalue weighted by Crippen LogP contribution is -2.47. The van der Waals surface area contributed by atoms with Gasteiger partial charge in [-0.2, -0.15) is 5.10 Å². The average molecular weight is 743 g/mol. The minimum atomic E-state index is -0.879. The first kappa shape index (κ1) is 36.6. The number of ether oxygens (including phenoxy) is 1. The van der Waals surface area contributed by atoms with E-state index in [1.54, 1.807) is 18.3 Å². The number of hydrogen-bond acceptors (Lipinski definition) is 5. The summed E-state index contributed by atoms with van der Waals surface area (Å²) < 4.78 is 21.2. The lowest BCUT2D eigenvalue weighted by molar-refractivity contribution is -0.155. The van der Waals surface area contributed by atoms with Gasteiger partial charge in [-0.15, -0.1) is 0 Å². The summed E-state index contributed by atoms with van der Waals surface area (Å²) in [6.45, 7) is 1.96. The third-order valence-corrected chi connectivity index (χ3v) is 11.3. The molecule has 1 fully saturated rings. The van der Waals surface area contributed by atoms with E-state index in [2.05, 4.69) is 87.8 Å².